The van der Waals surface area contributed by atoms with Gasteiger partial charge in [0.15, 0.2) is 0 Å². The van der Waals surface area contributed by atoms with Crippen LogP contribution in [0, 0.1) is 13.8 Å². The topological polar surface area (TPSA) is 54.9 Å². The Morgan fingerprint density at radius 1 is 0.960 bits per heavy atom. The standard InChI is InChI=1S/C19H15N3OS2/c1-11-17(24-12(2)20-11)18(23)21-14-9-7-13(8-10-14)19-22-15-5-3-4-6-16(15)25-19/h3-10H,1-2H3,(H,21,23). The molecule has 2 aromatic carbocycles. The van der Waals surface area contributed by atoms with Crippen LogP contribution in [-0.2, 0) is 0 Å². The number of rotatable bonds is 3. The van der Waals surface area contributed by atoms with Crippen LogP contribution in [0.25, 0.3) is 20.8 Å². The number of benzene rings is 2. The van der Waals surface area contributed by atoms with E-state index < -0.39 is 0 Å². The molecule has 0 saturated carbocycles. The van der Waals surface area contributed by atoms with Crippen LogP contribution in [0.4, 0.5) is 5.69 Å². The molecule has 1 N–H and O–H groups in total. The predicted octanol–water partition coefficient (Wildman–Crippen LogP) is 5.29. The second kappa shape index (κ2) is 6.38. The molecule has 1 amide bonds. The van der Waals surface area contributed by atoms with Gasteiger partial charge in [0.1, 0.15) is 9.88 Å². The summed E-state index contributed by atoms with van der Waals surface area (Å²) in [5.41, 5.74) is 3.59. The number of nitrogens with one attached hydrogen (secondary N) is 1. The van der Waals surface area contributed by atoms with E-state index >= 15 is 0 Å². The summed E-state index contributed by atoms with van der Waals surface area (Å²) in [6.07, 6.45) is 0. The maximum Gasteiger partial charge on any atom is 0.267 e. The Morgan fingerprint density at radius 3 is 2.40 bits per heavy atom. The summed E-state index contributed by atoms with van der Waals surface area (Å²) in [6.45, 7) is 3.76. The largest absolute Gasteiger partial charge is 0.321 e. The number of para-hydroxylation sites is 1. The van der Waals surface area contributed by atoms with Gasteiger partial charge < -0.3 is 5.32 Å². The molecule has 2 aromatic heterocycles. The van der Waals surface area contributed by atoms with Crippen LogP contribution in [0.1, 0.15) is 20.4 Å². The van der Waals surface area contributed by atoms with Crippen molar-refractivity contribution >= 4 is 44.5 Å². The van der Waals surface area contributed by atoms with E-state index in [2.05, 4.69) is 21.4 Å². The molecule has 0 spiro atoms. The summed E-state index contributed by atoms with van der Waals surface area (Å²) in [5.74, 6) is -0.115. The fourth-order valence-electron chi connectivity index (χ4n) is 2.62. The molecule has 25 heavy (non-hydrogen) atoms. The summed E-state index contributed by atoms with van der Waals surface area (Å²) < 4.78 is 1.17. The van der Waals surface area contributed by atoms with Crippen LogP contribution in [0.2, 0.25) is 0 Å². The molecule has 0 aliphatic carbocycles. The number of fused-ring (bicyclic) bond motifs is 1. The first-order chi connectivity index (χ1) is 12.1. The number of amides is 1. The first kappa shape index (κ1) is 15.9. The molecule has 6 heteroatoms. The van der Waals surface area contributed by atoms with Crippen molar-refractivity contribution in [3.05, 3.63) is 64.1 Å². The smallest absolute Gasteiger partial charge is 0.267 e. The second-order valence-corrected chi connectivity index (χ2v) is 7.90. The third kappa shape index (κ3) is 3.18. The van der Waals surface area contributed by atoms with Gasteiger partial charge in [0.25, 0.3) is 5.91 Å². The molecular weight excluding hydrogens is 350 g/mol. The van der Waals surface area contributed by atoms with Gasteiger partial charge in [-0.1, -0.05) is 12.1 Å². The summed E-state index contributed by atoms with van der Waals surface area (Å²) >= 11 is 3.08. The highest BCUT2D eigenvalue weighted by Gasteiger charge is 2.14. The lowest BCUT2D eigenvalue weighted by molar-refractivity contribution is 0.103. The summed E-state index contributed by atoms with van der Waals surface area (Å²) in [6, 6.07) is 15.9. The molecule has 4 nitrogen and oxygen atoms in total. The number of aryl methyl sites for hydroxylation is 2. The number of nitrogens with zero attached hydrogens (tertiary/aromatic N) is 2. The molecule has 2 heterocycles. The van der Waals surface area contributed by atoms with E-state index in [1.807, 2.05) is 56.3 Å². The van der Waals surface area contributed by atoms with E-state index in [1.54, 1.807) is 11.3 Å². The molecule has 0 aliphatic rings. The van der Waals surface area contributed by atoms with Crippen LogP contribution in [0.3, 0.4) is 0 Å². The second-order valence-electron chi connectivity index (χ2n) is 5.67. The van der Waals surface area contributed by atoms with Crippen LogP contribution < -0.4 is 5.32 Å². The Bertz CT molecular complexity index is 1030. The van der Waals surface area contributed by atoms with Gasteiger partial charge in [0, 0.05) is 11.3 Å². The van der Waals surface area contributed by atoms with Gasteiger partial charge in [-0.25, -0.2) is 9.97 Å². The number of carbonyl (C=O) groups excluding carboxylic acids is 1. The Hall–Kier alpha value is -2.57. The quantitative estimate of drug-likeness (QED) is 0.537. The summed E-state index contributed by atoms with van der Waals surface area (Å²) in [7, 11) is 0. The molecule has 0 fully saturated rings. The molecule has 4 rings (SSSR count). The van der Waals surface area contributed by atoms with Crippen LogP contribution in [0.15, 0.2) is 48.5 Å². The zero-order valence-corrected chi connectivity index (χ0v) is 15.4. The number of hydrogen-bond donors (Lipinski definition) is 1. The van der Waals surface area contributed by atoms with Crippen LogP contribution in [0.5, 0.6) is 0 Å². The minimum atomic E-state index is -0.115. The van der Waals surface area contributed by atoms with E-state index in [0.717, 1.165) is 32.5 Å². The Kier molecular flexibility index (Phi) is 4.07. The monoisotopic (exact) mass is 365 g/mol. The van der Waals surface area contributed by atoms with Crippen LogP contribution >= 0.6 is 22.7 Å². The third-order valence-electron chi connectivity index (χ3n) is 3.79. The van der Waals surface area contributed by atoms with Crippen molar-refractivity contribution in [2.24, 2.45) is 0 Å². The molecule has 0 radical (unpaired) electrons. The van der Waals surface area contributed by atoms with Gasteiger partial charge in [-0.15, -0.1) is 22.7 Å². The van der Waals surface area contributed by atoms with E-state index in [4.69, 9.17) is 0 Å². The fourth-order valence-corrected chi connectivity index (χ4v) is 4.41. The van der Waals surface area contributed by atoms with Crippen molar-refractivity contribution in [2.75, 3.05) is 5.32 Å². The van der Waals surface area contributed by atoms with Gasteiger partial charge in [-0.05, 0) is 50.2 Å². The molecule has 0 aliphatic heterocycles. The third-order valence-corrected chi connectivity index (χ3v) is 5.95. The number of thiazole rings is 2. The highest BCUT2D eigenvalue weighted by molar-refractivity contribution is 7.21. The highest BCUT2D eigenvalue weighted by Crippen LogP contribution is 2.30. The van der Waals surface area contributed by atoms with E-state index in [-0.39, 0.29) is 5.91 Å². The average molecular weight is 365 g/mol. The minimum absolute atomic E-state index is 0.115. The Labute approximate surface area is 153 Å². The van der Waals surface area contributed by atoms with Crippen molar-refractivity contribution in [2.45, 2.75) is 13.8 Å². The highest BCUT2D eigenvalue weighted by atomic mass is 32.1. The van der Waals surface area contributed by atoms with Gasteiger partial charge in [-0.3, -0.25) is 4.79 Å². The van der Waals surface area contributed by atoms with Crippen LogP contribution in [-0.4, -0.2) is 15.9 Å². The van der Waals surface area contributed by atoms with Gasteiger partial charge >= 0.3 is 0 Å². The maximum atomic E-state index is 12.4. The van der Waals surface area contributed by atoms with E-state index in [0.29, 0.717) is 4.88 Å². The lowest BCUT2D eigenvalue weighted by Crippen LogP contribution is -2.11. The summed E-state index contributed by atoms with van der Waals surface area (Å²) in [5, 5.41) is 4.81. The van der Waals surface area contributed by atoms with E-state index in [9.17, 15) is 4.79 Å². The lowest BCUT2D eigenvalue weighted by Gasteiger charge is -2.05. The van der Waals surface area contributed by atoms with Gasteiger partial charge in [-0.2, -0.15) is 0 Å². The first-order valence-electron chi connectivity index (χ1n) is 7.81. The SMILES string of the molecule is Cc1nc(C)c(C(=O)Nc2ccc(-c3nc4ccccc4s3)cc2)s1. The van der Waals surface area contributed by atoms with Gasteiger partial charge in [0.2, 0.25) is 0 Å². The zero-order chi connectivity index (χ0) is 17.4. The lowest BCUT2D eigenvalue weighted by atomic mass is 10.2. The van der Waals surface area contributed by atoms with Crippen molar-refractivity contribution in [3.8, 4) is 10.6 Å². The minimum Gasteiger partial charge on any atom is -0.321 e. The Morgan fingerprint density at radius 2 is 1.72 bits per heavy atom. The number of hydrogen-bond acceptors (Lipinski definition) is 5. The van der Waals surface area contributed by atoms with Crippen molar-refractivity contribution in [3.63, 3.8) is 0 Å². The number of aromatic nitrogens is 2. The molecular formula is C19H15N3OS2. The molecule has 0 atom stereocenters. The molecule has 0 bridgehead atoms. The first-order valence-corrected chi connectivity index (χ1v) is 9.45. The molecule has 4 aromatic rings. The maximum absolute atomic E-state index is 12.4. The zero-order valence-electron chi connectivity index (χ0n) is 13.7. The number of carbonyl (C=O) groups is 1. The molecule has 124 valence electrons. The summed E-state index contributed by atoms with van der Waals surface area (Å²) in [4.78, 5) is 22.0. The normalized spacial score (nSPS) is 11.0. The Balaban J connectivity index is 1.55. The van der Waals surface area contributed by atoms with Crippen molar-refractivity contribution in [1.29, 1.82) is 0 Å². The fraction of sp³-hybridized carbons (Fsp3) is 0.105. The molecule has 0 saturated heterocycles. The number of anilines is 1. The van der Waals surface area contributed by atoms with Gasteiger partial charge in [0.05, 0.1) is 20.9 Å². The molecule has 0 unspecified atom stereocenters. The van der Waals surface area contributed by atoms with Crippen molar-refractivity contribution in [1.82, 2.24) is 9.97 Å². The predicted molar refractivity (Wildman–Crippen MR) is 105 cm³/mol. The van der Waals surface area contributed by atoms with E-state index in [1.165, 1.54) is 16.0 Å². The average Bonchev–Trinajstić information content (AvgIpc) is 3.18. The van der Waals surface area contributed by atoms with Crippen molar-refractivity contribution < 1.29 is 4.79 Å².